The molecule has 0 atom stereocenters. The smallest absolute Gasteiger partial charge is 0.208 e. The van der Waals surface area contributed by atoms with E-state index in [4.69, 9.17) is 0 Å². The molecule has 1 rings (SSSR count). The van der Waals surface area contributed by atoms with E-state index in [1.807, 2.05) is 0 Å². The highest BCUT2D eigenvalue weighted by Gasteiger charge is 2.03. The highest BCUT2D eigenvalue weighted by Crippen LogP contribution is 2.19. The molecule has 0 spiro atoms. The van der Waals surface area contributed by atoms with Gasteiger partial charge >= 0.3 is 0 Å². The molecule has 0 aliphatic carbocycles. The second kappa shape index (κ2) is 5.60. The standard InChI is InChI=1S/C9H11F2NO2S2/c1-16(13,14)12-4-5-15-7-2-3-8(10)9(11)6-7/h2-3,6,12H,4-5H2,1H3. The molecule has 0 bridgehead atoms. The van der Waals surface area contributed by atoms with E-state index in [0.29, 0.717) is 10.6 Å². The maximum atomic E-state index is 12.8. The number of nitrogens with one attached hydrogen (secondary N) is 1. The third-order valence-corrected chi connectivity index (χ3v) is 3.35. The van der Waals surface area contributed by atoms with Gasteiger partial charge in [0.1, 0.15) is 0 Å². The van der Waals surface area contributed by atoms with Crippen LogP contribution in [0.4, 0.5) is 8.78 Å². The average molecular weight is 267 g/mol. The SMILES string of the molecule is CS(=O)(=O)NCCSc1ccc(F)c(F)c1. The number of hydrogen-bond donors (Lipinski definition) is 1. The predicted octanol–water partition coefficient (Wildman–Crippen LogP) is 1.61. The third-order valence-electron chi connectivity index (χ3n) is 1.63. The van der Waals surface area contributed by atoms with Gasteiger partial charge in [0.2, 0.25) is 10.0 Å². The summed E-state index contributed by atoms with van der Waals surface area (Å²) in [5.41, 5.74) is 0. The van der Waals surface area contributed by atoms with Gasteiger partial charge in [0, 0.05) is 17.2 Å². The van der Waals surface area contributed by atoms with E-state index < -0.39 is 21.7 Å². The van der Waals surface area contributed by atoms with Crippen LogP contribution < -0.4 is 4.72 Å². The second-order valence-corrected chi connectivity index (χ2v) is 6.09. The van der Waals surface area contributed by atoms with Crippen molar-refractivity contribution in [1.82, 2.24) is 4.72 Å². The predicted molar refractivity (Wildman–Crippen MR) is 59.9 cm³/mol. The van der Waals surface area contributed by atoms with Gasteiger partial charge in [-0.2, -0.15) is 0 Å². The van der Waals surface area contributed by atoms with Crippen LogP contribution in [0, 0.1) is 11.6 Å². The minimum Gasteiger partial charge on any atom is -0.215 e. The van der Waals surface area contributed by atoms with E-state index >= 15 is 0 Å². The summed E-state index contributed by atoms with van der Waals surface area (Å²) in [6.07, 6.45) is 1.06. The Hall–Kier alpha value is -0.660. The first-order valence-corrected chi connectivity index (χ1v) is 7.29. The number of sulfonamides is 1. The number of thioether (sulfide) groups is 1. The number of halogens is 2. The van der Waals surface area contributed by atoms with Crippen LogP contribution >= 0.6 is 11.8 Å². The van der Waals surface area contributed by atoms with E-state index in [9.17, 15) is 17.2 Å². The highest BCUT2D eigenvalue weighted by molar-refractivity contribution is 7.99. The molecular weight excluding hydrogens is 256 g/mol. The minimum atomic E-state index is -3.19. The van der Waals surface area contributed by atoms with Crippen LogP contribution in [-0.4, -0.2) is 27.0 Å². The van der Waals surface area contributed by atoms with Crippen molar-refractivity contribution in [3.8, 4) is 0 Å². The lowest BCUT2D eigenvalue weighted by Crippen LogP contribution is -2.24. The molecule has 3 nitrogen and oxygen atoms in total. The molecule has 0 aromatic heterocycles. The molecule has 0 saturated carbocycles. The first kappa shape index (κ1) is 13.4. The molecule has 0 radical (unpaired) electrons. The van der Waals surface area contributed by atoms with Crippen LogP contribution in [0.5, 0.6) is 0 Å². The van der Waals surface area contributed by atoms with Crippen molar-refractivity contribution < 1.29 is 17.2 Å². The summed E-state index contributed by atoms with van der Waals surface area (Å²) in [4.78, 5) is 0.564. The molecular formula is C9H11F2NO2S2. The molecule has 1 aromatic rings. The molecule has 1 aromatic carbocycles. The molecule has 0 aliphatic heterocycles. The zero-order chi connectivity index (χ0) is 12.2. The van der Waals surface area contributed by atoms with Gasteiger partial charge in [0.05, 0.1) is 6.26 Å². The van der Waals surface area contributed by atoms with Crippen LogP contribution in [0.3, 0.4) is 0 Å². The molecule has 0 amide bonds. The summed E-state index contributed by atoms with van der Waals surface area (Å²) >= 11 is 1.25. The maximum Gasteiger partial charge on any atom is 0.208 e. The lowest BCUT2D eigenvalue weighted by atomic mass is 10.3. The molecule has 1 N–H and O–H groups in total. The van der Waals surface area contributed by atoms with Crippen LogP contribution in [0.2, 0.25) is 0 Å². The first-order valence-electron chi connectivity index (χ1n) is 4.41. The van der Waals surface area contributed by atoms with Gasteiger partial charge in [0.25, 0.3) is 0 Å². The number of benzene rings is 1. The molecule has 0 aliphatic rings. The van der Waals surface area contributed by atoms with Gasteiger partial charge in [-0.3, -0.25) is 0 Å². The average Bonchev–Trinajstić information content (AvgIpc) is 2.17. The van der Waals surface area contributed by atoms with Crippen molar-refractivity contribution in [1.29, 1.82) is 0 Å². The fourth-order valence-electron chi connectivity index (χ4n) is 0.963. The van der Waals surface area contributed by atoms with Gasteiger partial charge in [-0.05, 0) is 18.2 Å². The van der Waals surface area contributed by atoms with Crippen LogP contribution in [0.25, 0.3) is 0 Å². The number of hydrogen-bond acceptors (Lipinski definition) is 3. The molecule has 0 heterocycles. The second-order valence-electron chi connectivity index (χ2n) is 3.09. The van der Waals surface area contributed by atoms with Gasteiger partial charge in [-0.1, -0.05) is 0 Å². The fraction of sp³-hybridized carbons (Fsp3) is 0.333. The largest absolute Gasteiger partial charge is 0.215 e. The van der Waals surface area contributed by atoms with E-state index in [2.05, 4.69) is 4.72 Å². The molecule has 16 heavy (non-hydrogen) atoms. The lowest BCUT2D eigenvalue weighted by Gasteiger charge is -2.03. The Balaban J connectivity index is 2.41. The molecule has 7 heteroatoms. The Morgan fingerprint density at radius 3 is 2.56 bits per heavy atom. The number of rotatable bonds is 5. The lowest BCUT2D eigenvalue weighted by molar-refractivity contribution is 0.506. The summed E-state index contributed by atoms with van der Waals surface area (Å²) < 4.78 is 49.1. The Labute approximate surface area is 97.3 Å². The maximum absolute atomic E-state index is 12.8. The quantitative estimate of drug-likeness (QED) is 0.651. The molecule has 0 fully saturated rings. The van der Waals surface area contributed by atoms with Gasteiger partial charge in [-0.15, -0.1) is 11.8 Å². The van der Waals surface area contributed by atoms with Crippen molar-refractivity contribution >= 4 is 21.8 Å². The summed E-state index contributed by atoms with van der Waals surface area (Å²) in [6, 6.07) is 3.58. The van der Waals surface area contributed by atoms with E-state index in [1.54, 1.807) is 0 Å². The highest BCUT2D eigenvalue weighted by atomic mass is 32.2. The van der Waals surface area contributed by atoms with Gasteiger partial charge < -0.3 is 0 Å². The summed E-state index contributed by atoms with van der Waals surface area (Å²) in [5, 5.41) is 0. The molecule has 90 valence electrons. The topological polar surface area (TPSA) is 46.2 Å². The van der Waals surface area contributed by atoms with Crippen molar-refractivity contribution in [2.45, 2.75) is 4.90 Å². The zero-order valence-electron chi connectivity index (χ0n) is 8.54. The Kier molecular flexibility index (Phi) is 4.69. The van der Waals surface area contributed by atoms with Gasteiger partial charge in [-0.25, -0.2) is 21.9 Å². The van der Waals surface area contributed by atoms with E-state index in [1.165, 1.54) is 17.8 Å². The van der Waals surface area contributed by atoms with E-state index in [-0.39, 0.29) is 6.54 Å². The normalized spacial score (nSPS) is 11.7. The van der Waals surface area contributed by atoms with Crippen molar-refractivity contribution in [3.05, 3.63) is 29.8 Å². The summed E-state index contributed by atoms with van der Waals surface area (Å²) in [6.45, 7) is 0.252. The van der Waals surface area contributed by atoms with Crippen LogP contribution in [0.1, 0.15) is 0 Å². The summed E-state index contributed by atoms with van der Waals surface area (Å²) in [7, 11) is -3.19. The third kappa shape index (κ3) is 4.91. The summed E-state index contributed by atoms with van der Waals surface area (Å²) in [5.74, 6) is -1.34. The Bertz CT molecular complexity index is 463. The van der Waals surface area contributed by atoms with Crippen molar-refractivity contribution in [3.63, 3.8) is 0 Å². The van der Waals surface area contributed by atoms with E-state index in [0.717, 1.165) is 18.4 Å². The first-order chi connectivity index (χ1) is 7.38. The Morgan fingerprint density at radius 1 is 1.31 bits per heavy atom. The van der Waals surface area contributed by atoms with Crippen LogP contribution in [-0.2, 0) is 10.0 Å². The zero-order valence-corrected chi connectivity index (χ0v) is 10.2. The van der Waals surface area contributed by atoms with Crippen molar-refractivity contribution in [2.24, 2.45) is 0 Å². The van der Waals surface area contributed by atoms with Crippen molar-refractivity contribution in [2.75, 3.05) is 18.6 Å². The molecule has 0 saturated heterocycles. The fourth-order valence-corrected chi connectivity index (χ4v) is 2.36. The Morgan fingerprint density at radius 2 is 2.00 bits per heavy atom. The molecule has 0 unspecified atom stereocenters. The van der Waals surface area contributed by atoms with Crippen LogP contribution in [0.15, 0.2) is 23.1 Å². The van der Waals surface area contributed by atoms with Gasteiger partial charge in [0.15, 0.2) is 11.6 Å². The monoisotopic (exact) mass is 267 g/mol. The minimum absolute atomic E-state index is 0.252.